The van der Waals surface area contributed by atoms with Crippen LogP contribution in [0.25, 0.3) is 11.3 Å². The molecule has 9 heteroatoms. The molecule has 0 spiro atoms. The first kappa shape index (κ1) is 19.3. The summed E-state index contributed by atoms with van der Waals surface area (Å²) in [4.78, 5) is 27.2. The zero-order valence-electron chi connectivity index (χ0n) is 16.5. The van der Waals surface area contributed by atoms with E-state index >= 15 is 0 Å². The molecule has 2 amide bonds. The Morgan fingerprint density at radius 3 is 2.80 bits per heavy atom. The van der Waals surface area contributed by atoms with Crippen LogP contribution in [0.1, 0.15) is 10.6 Å². The molecule has 2 bridgehead atoms. The smallest absolute Gasteiger partial charge is 0.329 e. The number of carbonyl (C=O) groups excluding carboxylic acids is 1. The van der Waals surface area contributed by atoms with Crippen LogP contribution in [0.2, 0.25) is 5.02 Å². The molecule has 0 aliphatic carbocycles. The van der Waals surface area contributed by atoms with Crippen molar-refractivity contribution in [3.8, 4) is 11.3 Å². The van der Waals surface area contributed by atoms with Crippen molar-refractivity contribution in [3.05, 3.63) is 52.0 Å². The van der Waals surface area contributed by atoms with Crippen molar-refractivity contribution in [2.24, 2.45) is 0 Å². The molecule has 7 nitrogen and oxygen atoms in total. The minimum Gasteiger partial charge on any atom is -0.389 e. The van der Waals surface area contributed by atoms with Gasteiger partial charge in [-0.25, -0.2) is 14.8 Å². The summed E-state index contributed by atoms with van der Waals surface area (Å²) in [5.41, 5.74) is 3.30. The average molecular weight is 442 g/mol. The van der Waals surface area contributed by atoms with E-state index in [-0.39, 0.29) is 12.1 Å². The molecule has 5 rings (SSSR count). The lowest BCUT2D eigenvalue weighted by atomic mass is 10.1. The number of hydrogen-bond acceptors (Lipinski definition) is 6. The van der Waals surface area contributed by atoms with Crippen molar-refractivity contribution in [1.29, 1.82) is 0 Å². The van der Waals surface area contributed by atoms with Crippen LogP contribution in [-0.2, 0) is 0 Å². The number of carbonyl (C=O) groups is 1. The SMILES string of the molecule is Cc1nc(NC(=O)N2c3nc(-c4cccc(Cl)c4)ccc3N3C[C@@H](O)[C@H]2C3)sc1C. The number of hydrogen-bond donors (Lipinski definition) is 2. The number of fused-ring (bicyclic) bond motifs is 4. The maximum absolute atomic E-state index is 13.3. The van der Waals surface area contributed by atoms with Crippen molar-refractivity contribution < 1.29 is 9.90 Å². The molecule has 0 saturated carbocycles. The lowest BCUT2D eigenvalue weighted by molar-refractivity contribution is 0.176. The molecule has 154 valence electrons. The summed E-state index contributed by atoms with van der Waals surface area (Å²) in [6.07, 6.45) is -0.653. The van der Waals surface area contributed by atoms with Gasteiger partial charge in [0.05, 0.1) is 29.2 Å². The van der Waals surface area contributed by atoms with E-state index in [1.54, 1.807) is 4.90 Å². The van der Waals surface area contributed by atoms with E-state index < -0.39 is 6.10 Å². The van der Waals surface area contributed by atoms with Crippen LogP contribution in [0.5, 0.6) is 0 Å². The summed E-state index contributed by atoms with van der Waals surface area (Å²) in [6.45, 7) is 4.91. The predicted molar refractivity (Wildman–Crippen MR) is 120 cm³/mol. The van der Waals surface area contributed by atoms with Gasteiger partial charge in [-0.3, -0.25) is 10.2 Å². The van der Waals surface area contributed by atoms with Crippen LogP contribution in [0.15, 0.2) is 36.4 Å². The quantitative estimate of drug-likeness (QED) is 0.626. The summed E-state index contributed by atoms with van der Waals surface area (Å²) in [5.74, 6) is 0.530. The number of aromatic nitrogens is 2. The molecule has 1 fully saturated rings. The summed E-state index contributed by atoms with van der Waals surface area (Å²) < 4.78 is 0. The molecule has 1 aromatic carbocycles. The van der Waals surface area contributed by atoms with Crippen molar-refractivity contribution in [2.45, 2.75) is 26.0 Å². The number of aliphatic hydroxyl groups is 1. The molecular formula is C21H20ClN5O2S. The zero-order valence-corrected chi connectivity index (χ0v) is 18.0. The molecule has 1 saturated heterocycles. The van der Waals surface area contributed by atoms with Crippen LogP contribution in [0.4, 0.5) is 21.4 Å². The van der Waals surface area contributed by atoms with E-state index in [0.717, 1.165) is 21.8 Å². The zero-order chi connectivity index (χ0) is 21.0. The van der Waals surface area contributed by atoms with Crippen LogP contribution < -0.4 is 15.1 Å². The highest BCUT2D eigenvalue weighted by atomic mass is 35.5. The Labute approximate surface area is 182 Å². The molecule has 0 radical (unpaired) electrons. The Morgan fingerprint density at radius 1 is 1.23 bits per heavy atom. The van der Waals surface area contributed by atoms with Gasteiger partial charge >= 0.3 is 6.03 Å². The van der Waals surface area contributed by atoms with Gasteiger partial charge in [-0.05, 0) is 38.1 Å². The fourth-order valence-electron chi connectivity index (χ4n) is 3.98. The third-order valence-corrected chi connectivity index (χ3v) is 6.82. The number of aliphatic hydroxyl groups excluding tert-OH is 1. The number of amides is 2. The molecule has 2 aliphatic rings. The van der Waals surface area contributed by atoms with Crippen LogP contribution >= 0.6 is 22.9 Å². The number of nitrogens with zero attached hydrogens (tertiary/aromatic N) is 4. The van der Waals surface area contributed by atoms with E-state index in [2.05, 4.69) is 15.2 Å². The van der Waals surface area contributed by atoms with Gasteiger partial charge in [-0.15, -0.1) is 11.3 Å². The third kappa shape index (κ3) is 3.21. The van der Waals surface area contributed by atoms with Gasteiger partial charge < -0.3 is 10.0 Å². The number of aryl methyl sites for hydroxylation is 2. The number of pyridine rings is 1. The van der Waals surface area contributed by atoms with Gasteiger partial charge in [-0.1, -0.05) is 23.7 Å². The minimum atomic E-state index is -0.653. The number of rotatable bonds is 2. The second kappa shape index (κ2) is 7.23. The lowest BCUT2D eigenvalue weighted by Crippen LogP contribution is -2.51. The topological polar surface area (TPSA) is 81.6 Å². The van der Waals surface area contributed by atoms with Gasteiger partial charge in [0.15, 0.2) is 10.9 Å². The maximum Gasteiger partial charge on any atom is 0.329 e. The van der Waals surface area contributed by atoms with E-state index in [1.165, 1.54) is 11.3 Å². The highest BCUT2D eigenvalue weighted by Crippen LogP contribution is 2.40. The first-order chi connectivity index (χ1) is 14.4. The highest BCUT2D eigenvalue weighted by Gasteiger charge is 2.45. The Kier molecular flexibility index (Phi) is 4.65. The standard InChI is InChI=1S/C21H20ClN5O2S/c1-11-12(2)30-20(23-11)25-21(29)27-17-9-26(10-18(17)28)16-7-6-15(24-19(16)27)13-4-3-5-14(22)8-13/h3-8,17-18,28H,9-10H2,1-2H3,(H,23,25,29)/t17-,18-/m1/s1. The molecule has 30 heavy (non-hydrogen) atoms. The number of thiazole rings is 1. The number of anilines is 3. The van der Waals surface area contributed by atoms with E-state index in [1.807, 2.05) is 50.2 Å². The van der Waals surface area contributed by atoms with Crippen molar-refractivity contribution in [3.63, 3.8) is 0 Å². The number of halogens is 1. The Morgan fingerprint density at radius 2 is 2.07 bits per heavy atom. The molecule has 4 heterocycles. The van der Waals surface area contributed by atoms with Gasteiger partial charge in [0.25, 0.3) is 0 Å². The van der Waals surface area contributed by atoms with Gasteiger partial charge in [-0.2, -0.15) is 0 Å². The Bertz CT molecular complexity index is 1130. The second-order valence-electron chi connectivity index (χ2n) is 7.55. The summed E-state index contributed by atoms with van der Waals surface area (Å²) in [6, 6.07) is 10.6. The second-order valence-corrected chi connectivity index (χ2v) is 9.19. The molecule has 2 atom stereocenters. The molecule has 3 aromatic rings. The minimum absolute atomic E-state index is 0.341. The Balaban J connectivity index is 1.55. The summed E-state index contributed by atoms with van der Waals surface area (Å²) in [5, 5.41) is 14.7. The molecule has 0 unspecified atom stereocenters. The monoisotopic (exact) mass is 441 g/mol. The average Bonchev–Trinajstić information content (AvgIpc) is 3.20. The van der Waals surface area contributed by atoms with Crippen LogP contribution in [0, 0.1) is 13.8 Å². The fraction of sp³-hybridized carbons (Fsp3) is 0.286. The van der Waals surface area contributed by atoms with Gasteiger partial charge in [0.1, 0.15) is 0 Å². The Hall–Kier alpha value is -2.68. The highest BCUT2D eigenvalue weighted by molar-refractivity contribution is 7.15. The number of urea groups is 1. The summed E-state index contributed by atoms with van der Waals surface area (Å²) in [7, 11) is 0. The van der Waals surface area contributed by atoms with Crippen molar-refractivity contribution in [2.75, 3.05) is 28.2 Å². The van der Waals surface area contributed by atoms with Crippen LogP contribution in [-0.4, -0.2) is 46.3 Å². The molecular weight excluding hydrogens is 422 g/mol. The largest absolute Gasteiger partial charge is 0.389 e. The summed E-state index contributed by atoms with van der Waals surface area (Å²) >= 11 is 7.58. The molecule has 2 N–H and O–H groups in total. The number of benzene rings is 1. The lowest BCUT2D eigenvalue weighted by Gasteiger charge is -2.35. The van der Waals surface area contributed by atoms with E-state index in [0.29, 0.717) is 34.8 Å². The van der Waals surface area contributed by atoms with Crippen molar-refractivity contribution in [1.82, 2.24) is 9.97 Å². The fourth-order valence-corrected chi connectivity index (χ4v) is 4.97. The molecule has 2 aliphatic heterocycles. The van der Waals surface area contributed by atoms with E-state index in [9.17, 15) is 9.90 Å². The predicted octanol–water partition coefficient (Wildman–Crippen LogP) is 4.08. The van der Waals surface area contributed by atoms with Crippen LogP contribution in [0.3, 0.4) is 0 Å². The first-order valence-corrected chi connectivity index (χ1v) is 10.8. The van der Waals surface area contributed by atoms with Crippen molar-refractivity contribution >= 4 is 45.6 Å². The number of nitrogens with one attached hydrogen (secondary N) is 1. The maximum atomic E-state index is 13.3. The normalized spacial score (nSPS) is 19.7. The van der Waals surface area contributed by atoms with Gasteiger partial charge in [0, 0.05) is 28.6 Å². The first-order valence-electron chi connectivity index (χ1n) is 9.65. The molecule has 2 aromatic heterocycles. The van der Waals surface area contributed by atoms with E-state index in [4.69, 9.17) is 16.6 Å². The third-order valence-electron chi connectivity index (χ3n) is 5.60. The van der Waals surface area contributed by atoms with Gasteiger partial charge in [0.2, 0.25) is 0 Å².